The summed E-state index contributed by atoms with van der Waals surface area (Å²) in [4.78, 5) is 16.0. The van der Waals surface area contributed by atoms with Crippen LogP contribution in [0.3, 0.4) is 0 Å². The number of aromatic nitrogens is 6. The molecule has 0 spiro atoms. The molecule has 2 N–H and O–H groups in total. The number of hydrogen-bond donors (Lipinski definition) is 1. The highest BCUT2D eigenvalue weighted by molar-refractivity contribution is 5.91. The fraction of sp³-hybridized carbons (Fsp3) is 0.250. The Bertz CT molecular complexity index is 1390. The molecule has 4 aromatic rings. The minimum atomic E-state index is -0.698. The number of rotatable bonds is 5. The Morgan fingerprint density at radius 3 is 2.87 bits per heavy atom. The van der Waals surface area contributed by atoms with Gasteiger partial charge in [-0.25, -0.2) is 9.50 Å². The minimum Gasteiger partial charge on any atom is -0.364 e. The molecule has 4 aromatic heterocycles. The van der Waals surface area contributed by atoms with Crippen LogP contribution >= 0.6 is 0 Å². The van der Waals surface area contributed by atoms with Gasteiger partial charge in [0.2, 0.25) is 0 Å². The van der Waals surface area contributed by atoms with E-state index in [0.29, 0.717) is 24.2 Å². The van der Waals surface area contributed by atoms with Crippen molar-refractivity contribution in [3.8, 4) is 34.8 Å². The number of nitrogens with two attached hydrogens (primary N) is 1. The summed E-state index contributed by atoms with van der Waals surface area (Å²) in [6, 6.07) is 7.71. The van der Waals surface area contributed by atoms with Crippen LogP contribution in [0.2, 0.25) is 0 Å². The van der Waals surface area contributed by atoms with E-state index in [1.165, 1.54) is 6.07 Å². The number of carbonyl (C=O) groups excluding carboxylic acids is 1. The van der Waals surface area contributed by atoms with E-state index in [1.807, 2.05) is 12.3 Å². The molecule has 11 heteroatoms. The van der Waals surface area contributed by atoms with E-state index in [0.717, 1.165) is 11.1 Å². The smallest absolute Gasteiger partial charge is 0.270 e. The predicted molar refractivity (Wildman–Crippen MR) is 105 cm³/mol. The number of amides is 1. The summed E-state index contributed by atoms with van der Waals surface area (Å²) in [5.74, 6) is -0.498. The van der Waals surface area contributed by atoms with Gasteiger partial charge in [0.1, 0.15) is 11.4 Å². The van der Waals surface area contributed by atoms with Gasteiger partial charge in [-0.2, -0.15) is 20.7 Å². The maximum Gasteiger partial charge on any atom is 0.270 e. The van der Waals surface area contributed by atoms with E-state index in [-0.39, 0.29) is 23.8 Å². The van der Waals surface area contributed by atoms with Crippen molar-refractivity contribution in [3.63, 3.8) is 0 Å². The Labute approximate surface area is 175 Å². The fourth-order valence-corrected chi connectivity index (χ4v) is 3.98. The van der Waals surface area contributed by atoms with Crippen LogP contribution in [-0.2, 0) is 5.54 Å². The first-order valence-electron chi connectivity index (χ1n) is 9.46. The largest absolute Gasteiger partial charge is 0.364 e. The van der Waals surface area contributed by atoms with E-state index in [4.69, 9.17) is 15.5 Å². The van der Waals surface area contributed by atoms with Crippen LogP contribution in [-0.4, -0.2) is 35.4 Å². The molecule has 0 atom stereocenters. The van der Waals surface area contributed by atoms with Gasteiger partial charge in [0.05, 0.1) is 54.1 Å². The number of fused-ring (bicyclic) bond motifs is 1. The first kappa shape index (κ1) is 18.5. The second-order valence-corrected chi connectivity index (χ2v) is 7.54. The molecule has 1 fully saturated rings. The van der Waals surface area contributed by atoms with Gasteiger partial charge in [-0.15, -0.1) is 0 Å². The van der Waals surface area contributed by atoms with Crippen molar-refractivity contribution < 1.29 is 9.32 Å². The number of carbonyl (C=O) groups is 1. The summed E-state index contributed by atoms with van der Waals surface area (Å²) in [6.07, 6.45) is 8.26. The second kappa shape index (κ2) is 6.78. The van der Waals surface area contributed by atoms with E-state index in [1.54, 1.807) is 27.8 Å². The maximum absolute atomic E-state index is 11.3. The van der Waals surface area contributed by atoms with Crippen LogP contribution in [0.25, 0.3) is 28.2 Å². The molecular weight excluding hydrogens is 398 g/mol. The van der Waals surface area contributed by atoms with E-state index in [9.17, 15) is 10.1 Å². The third-order valence-electron chi connectivity index (χ3n) is 5.59. The van der Waals surface area contributed by atoms with Gasteiger partial charge in [-0.1, -0.05) is 5.16 Å². The quantitative estimate of drug-likeness (QED) is 0.518. The number of nitrogens with zero attached hydrogens (tertiary/aromatic N) is 8. The highest BCUT2D eigenvalue weighted by atomic mass is 16.5. The molecule has 1 aliphatic carbocycles. The molecule has 1 saturated carbocycles. The summed E-state index contributed by atoms with van der Waals surface area (Å²) in [6.45, 7) is 0. The number of primary amides is 1. The maximum atomic E-state index is 11.3. The first-order valence-corrected chi connectivity index (χ1v) is 9.46. The highest BCUT2D eigenvalue weighted by Crippen LogP contribution is 2.46. The van der Waals surface area contributed by atoms with Crippen molar-refractivity contribution in [2.24, 2.45) is 11.7 Å². The van der Waals surface area contributed by atoms with Gasteiger partial charge >= 0.3 is 0 Å². The van der Waals surface area contributed by atoms with E-state index in [2.05, 4.69) is 32.5 Å². The summed E-state index contributed by atoms with van der Waals surface area (Å²) in [7, 11) is 0. The topological polar surface area (TPSA) is 165 Å². The van der Waals surface area contributed by atoms with Crippen LogP contribution in [0.5, 0.6) is 0 Å². The van der Waals surface area contributed by atoms with Crippen LogP contribution in [0.15, 0.2) is 41.4 Å². The molecule has 152 valence electrons. The van der Waals surface area contributed by atoms with Crippen molar-refractivity contribution in [3.05, 3.63) is 42.6 Å². The lowest BCUT2D eigenvalue weighted by Gasteiger charge is -2.43. The van der Waals surface area contributed by atoms with Crippen LogP contribution in [0.4, 0.5) is 0 Å². The molecule has 5 rings (SSSR count). The van der Waals surface area contributed by atoms with E-state index < -0.39 is 11.4 Å². The van der Waals surface area contributed by atoms with Gasteiger partial charge < -0.3 is 10.3 Å². The zero-order valence-corrected chi connectivity index (χ0v) is 16.1. The zero-order chi connectivity index (χ0) is 21.6. The standard InChI is InChI=1S/C20H15N9O2/c21-3-2-20(6-12(7-20)8-22)29-10-13(9-25-29)18-16-1-4-24-28(16)11-15(26-18)17-5-14(19(23)30)27-31-17/h1,4-5,9-12H,2,6-7H2,(H2,23,30). The molecular formula is C20H15N9O2. The van der Waals surface area contributed by atoms with Gasteiger partial charge in [0.15, 0.2) is 11.5 Å². The average molecular weight is 413 g/mol. The van der Waals surface area contributed by atoms with E-state index >= 15 is 0 Å². The third kappa shape index (κ3) is 2.91. The lowest BCUT2D eigenvalue weighted by molar-refractivity contribution is 0.0881. The molecule has 4 heterocycles. The molecule has 0 saturated heterocycles. The molecule has 11 nitrogen and oxygen atoms in total. The average Bonchev–Trinajstić information content (AvgIpc) is 3.49. The Balaban J connectivity index is 1.58. The van der Waals surface area contributed by atoms with Gasteiger partial charge in [-0.05, 0) is 18.9 Å². The van der Waals surface area contributed by atoms with Gasteiger partial charge in [-0.3, -0.25) is 9.48 Å². The number of hydrogen-bond acceptors (Lipinski definition) is 8. The first-order chi connectivity index (χ1) is 15.0. The third-order valence-corrected chi connectivity index (χ3v) is 5.59. The molecule has 1 amide bonds. The lowest BCUT2D eigenvalue weighted by Crippen LogP contribution is -2.46. The fourth-order valence-electron chi connectivity index (χ4n) is 3.98. The van der Waals surface area contributed by atoms with Crippen molar-refractivity contribution in [2.45, 2.75) is 24.8 Å². The number of nitriles is 2. The molecule has 0 aromatic carbocycles. The SMILES string of the molecule is N#CCC1(n2cc(-c3nc(-c4cc(C(N)=O)no4)cn4nccc34)cn2)CC(C#N)C1. The molecule has 0 bridgehead atoms. The van der Waals surface area contributed by atoms with Gasteiger partial charge in [0, 0.05) is 17.8 Å². The summed E-state index contributed by atoms with van der Waals surface area (Å²) >= 11 is 0. The molecule has 31 heavy (non-hydrogen) atoms. The van der Waals surface area contributed by atoms with Crippen LogP contribution < -0.4 is 5.73 Å². The molecule has 0 aliphatic heterocycles. The van der Waals surface area contributed by atoms with Crippen molar-refractivity contribution in [1.82, 2.24) is 29.5 Å². The predicted octanol–water partition coefficient (Wildman–Crippen LogP) is 1.89. The molecule has 0 unspecified atom stereocenters. The van der Waals surface area contributed by atoms with Crippen molar-refractivity contribution in [2.75, 3.05) is 0 Å². The summed E-state index contributed by atoms with van der Waals surface area (Å²) in [5.41, 5.74) is 7.25. The Morgan fingerprint density at radius 2 is 2.16 bits per heavy atom. The van der Waals surface area contributed by atoms with Crippen molar-refractivity contribution >= 4 is 11.4 Å². The summed E-state index contributed by atoms with van der Waals surface area (Å²) in [5, 5.41) is 30.9. The normalized spacial score (nSPS) is 20.1. The van der Waals surface area contributed by atoms with Crippen LogP contribution in [0, 0.1) is 28.6 Å². The summed E-state index contributed by atoms with van der Waals surface area (Å²) < 4.78 is 8.63. The Morgan fingerprint density at radius 1 is 1.32 bits per heavy atom. The Kier molecular flexibility index (Phi) is 4.05. The second-order valence-electron chi connectivity index (χ2n) is 7.54. The molecule has 1 aliphatic rings. The van der Waals surface area contributed by atoms with Crippen molar-refractivity contribution in [1.29, 1.82) is 10.5 Å². The van der Waals surface area contributed by atoms with Gasteiger partial charge in [0.25, 0.3) is 5.91 Å². The monoisotopic (exact) mass is 413 g/mol. The highest BCUT2D eigenvalue weighted by Gasteiger charge is 2.46. The minimum absolute atomic E-state index is 0.00204. The Hall–Kier alpha value is -4.51. The molecule has 0 radical (unpaired) electrons. The van der Waals surface area contributed by atoms with Crippen LogP contribution in [0.1, 0.15) is 29.8 Å². The zero-order valence-electron chi connectivity index (χ0n) is 16.1. The lowest BCUT2D eigenvalue weighted by atomic mass is 9.67.